The maximum atomic E-state index is 11.8. The van der Waals surface area contributed by atoms with Gasteiger partial charge in [0, 0.05) is 12.4 Å². The van der Waals surface area contributed by atoms with Crippen LogP contribution in [-0.4, -0.2) is 32.8 Å². The van der Waals surface area contributed by atoms with Gasteiger partial charge in [-0.3, -0.25) is 10.1 Å². The van der Waals surface area contributed by atoms with Gasteiger partial charge in [-0.25, -0.2) is 14.3 Å². The fourth-order valence-electron chi connectivity index (χ4n) is 1.86. The molecule has 0 aliphatic carbocycles. The first-order valence-corrected chi connectivity index (χ1v) is 6.18. The zero-order valence-corrected chi connectivity index (χ0v) is 11.8. The number of benzene rings is 1. The molecule has 116 valence electrons. The molecule has 0 radical (unpaired) electrons. The molecule has 2 rings (SSSR count). The van der Waals surface area contributed by atoms with Crippen LogP contribution in [0.2, 0.25) is 0 Å². The SMILES string of the molecule is COc1cc(C(C)OC(=O)n2ccnc2)c([N+](=O)[O-])cc1O. The number of carbonyl (C=O) groups excluding carboxylic acids is 1. The van der Waals surface area contributed by atoms with Crippen LogP contribution in [0.5, 0.6) is 11.5 Å². The summed E-state index contributed by atoms with van der Waals surface area (Å²) in [5.74, 6) is -0.322. The van der Waals surface area contributed by atoms with Gasteiger partial charge < -0.3 is 14.6 Å². The molecule has 0 aliphatic heterocycles. The van der Waals surface area contributed by atoms with E-state index >= 15 is 0 Å². The van der Waals surface area contributed by atoms with Crippen molar-refractivity contribution in [3.63, 3.8) is 0 Å². The molecule has 0 saturated heterocycles. The summed E-state index contributed by atoms with van der Waals surface area (Å²) in [6.07, 6.45) is 2.39. The number of nitrogens with zero attached hydrogens (tertiary/aromatic N) is 3. The fourth-order valence-corrected chi connectivity index (χ4v) is 1.86. The smallest absolute Gasteiger partial charge is 0.419 e. The van der Waals surface area contributed by atoms with E-state index in [0.29, 0.717) is 0 Å². The van der Waals surface area contributed by atoms with Gasteiger partial charge in [-0.15, -0.1) is 0 Å². The first kappa shape index (κ1) is 15.3. The van der Waals surface area contributed by atoms with Gasteiger partial charge in [0.2, 0.25) is 0 Å². The first-order valence-electron chi connectivity index (χ1n) is 6.18. The fraction of sp³-hybridized carbons (Fsp3) is 0.231. The average molecular weight is 307 g/mol. The standard InChI is InChI=1S/C13H13N3O6/c1-8(22-13(18)15-4-3-14-7-15)9-5-12(21-2)11(17)6-10(9)16(19)20/h3-8,17H,1-2H3. The number of aromatic nitrogens is 2. The molecule has 1 aromatic carbocycles. The number of nitro benzene ring substituents is 1. The first-order chi connectivity index (χ1) is 10.4. The third-order valence-electron chi connectivity index (χ3n) is 2.96. The Hall–Kier alpha value is -3.10. The summed E-state index contributed by atoms with van der Waals surface area (Å²) in [4.78, 5) is 26.0. The molecule has 0 fully saturated rings. The maximum absolute atomic E-state index is 11.8. The van der Waals surface area contributed by atoms with Crippen molar-refractivity contribution >= 4 is 11.8 Å². The van der Waals surface area contributed by atoms with E-state index < -0.39 is 17.1 Å². The van der Waals surface area contributed by atoms with Gasteiger partial charge >= 0.3 is 6.09 Å². The lowest BCUT2D eigenvalue weighted by Crippen LogP contribution is -2.15. The zero-order valence-electron chi connectivity index (χ0n) is 11.8. The minimum atomic E-state index is -0.926. The molecular formula is C13H13N3O6. The second-order valence-electron chi connectivity index (χ2n) is 4.34. The summed E-state index contributed by atoms with van der Waals surface area (Å²) in [5, 5.41) is 20.7. The summed E-state index contributed by atoms with van der Waals surface area (Å²) < 4.78 is 11.2. The predicted octanol–water partition coefficient (Wildman–Crippen LogP) is 2.25. The topological polar surface area (TPSA) is 117 Å². The van der Waals surface area contributed by atoms with Crippen LogP contribution in [0.3, 0.4) is 0 Å². The summed E-state index contributed by atoms with van der Waals surface area (Å²) in [6, 6.07) is 2.22. The summed E-state index contributed by atoms with van der Waals surface area (Å²) in [6.45, 7) is 1.48. The van der Waals surface area contributed by atoms with Crippen LogP contribution in [0.25, 0.3) is 0 Å². The highest BCUT2D eigenvalue weighted by atomic mass is 16.6. The van der Waals surface area contributed by atoms with Crippen LogP contribution in [0.4, 0.5) is 10.5 Å². The molecule has 0 aliphatic rings. The molecule has 1 N–H and O–H groups in total. The minimum absolute atomic E-state index is 0.0473. The average Bonchev–Trinajstić information content (AvgIpc) is 3.00. The third kappa shape index (κ3) is 2.97. The highest BCUT2D eigenvalue weighted by Gasteiger charge is 2.25. The number of hydrogen-bond acceptors (Lipinski definition) is 7. The van der Waals surface area contributed by atoms with Gasteiger partial charge in [0.15, 0.2) is 11.5 Å². The highest BCUT2D eigenvalue weighted by Crippen LogP contribution is 2.37. The number of carbonyl (C=O) groups is 1. The van der Waals surface area contributed by atoms with E-state index in [-0.39, 0.29) is 22.7 Å². The van der Waals surface area contributed by atoms with Crippen LogP contribution in [0.1, 0.15) is 18.6 Å². The number of nitro groups is 1. The largest absolute Gasteiger partial charge is 0.504 e. The number of rotatable bonds is 4. The van der Waals surface area contributed by atoms with Crippen molar-refractivity contribution in [1.29, 1.82) is 0 Å². The second-order valence-corrected chi connectivity index (χ2v) is 4.34. The van der Waals surface area contributed by atoms with E-state index in [1.165, 1.54) is 38.8 Å². The van der Waals surface area contributed by atoms with Gasteiger partial charge in [-0.1, -0.05) is 0 Å². The Balaban J connectivity index is 2.33. The molecular weight excluding hydrogens is 294 g/mol. The monoisotopic (exact) mass is 307 g/mol. The van der Waals surface area contributed by atoms with E-state index in [4.69, 9.17) is 9.47 Å². The Morgan fingerprint density at radius 3 is 2.77 bits per heavy atom. The van der Waals surface area contributed by atoms with Crippen molar-refractivity contribution in [2.45, 2.75) is 13.0 Å². The highest BCUT2D eigenvalue weighted by molar-refractivity contribution is 5.70. The zero-order chi connectivity index (χ0) is 16.3. The molecule has 22 heavy (non-hydrogen) atoms. The summed E-state index contributed by atoms with van der Waals surface area (Å²) >= 11 is 0. The van der Waals surface area contributed by atoms with Crippen molar-refractivity contribution in [1.82, 2.24) is 9.55 Å². The second kappa shape index (κ2) is 6.12. The Kier molecular flexibility index (Phi) is 4.25. The van der Waals surface area contributed by atoms with Gasteiger partial charge in [-0.05, 0) is 13.0 Å². The molecule has 0 amide bonds. The molecule has 1 atom stereocenters. The number of aromatic hydroxyl groups is 1. The van der Waals surface area contributed by atoms with Crippen molar-refractivity contribution in [2.75, 3.05) is 7.11 Å². The van der Waals surface area contributed by atoms with Crippen LogP contribution in [0.15, 0.2) is 30.9 Å². The van der Waals surface area contributed by atoms with Gasteiger partial charge in [-0.2, -0.15) is 0 Å². The molecule has 9 heteroatoms. The molecule has 2 aromatic rings. The normalized spacial score (nSPS) is 11.7. The summed E-state index contributed by atoms with van der Waals surface area (Å²) in [5.41, 5.74) is -0.266. The number of phenolic OH excluding ortho intramolecular Hbond substituents is 1. The predicted molar refractivity (Wildman–Crippen MR) is 73.8 cm³/mol. The van der Waals surface area contributed by atoms with Crippen LogP contribution in [-0.2, 0) is 4.74 Å². The number of methoxy groups -OCH3 is 1. The molecule has 9 nitrogen and oxygen atoms in total. The lowest BCUT2D eigenvalue weighted by atomic mass is 10.1. The van der Waals surface area contributed by atoms with Crippen molar-refractivity contribution in [3.05, 3.63) is 46.5 Å². The molecule has 1 unspecified atom stereocenters. The van der Waals surface area contributed by atoms with Gasteiger partial charge in [0.1, 0.15) is 12.4 Å². The van der Waals surface area contributed by atoms with Crippen LogP contribution >= 0.6 is 0 Å². The van der Waals surface area contributed by atoms with Crippen LogP contribution < -0.4 is 4.74 Å². The van der Waals surface area contributed by atoms with E-state index in [1.807, 2.05) is 0 Å². The van der Waals surface area contributed by atoms with E-state index in [9.17, 15) is 20.0 Å². The maximum Gasteiger partial charge on any atom is 0.419 e. The number of phenols is 1. The minimum Gasteiger partial charge on any atom is -0.504 e. The van der Waals surface area contributed by atoms with Gasteiger partial charge in [0.05, 0.1) is 23.7 Å². The Morgan fingerprint density at radius 1 is 1.50 bits per heavy atom. The van der Waals surface area contributed by atoms with Crippen molar-refractivity contribution in [3.8, 4) is 11.5 Å². The lowest BCUT2D eigenvalue weighted by Gasteiger charge is -2.15. The number of imidazole rings is 1. The van der Waals surface area contributed by atoms with E-state index in [0.717, 1.165) is 10.6 Å². The van der Waals surface area contributed by atoms with Crippen molar-refractivity contribution < 1.29 is 24.3 Å². The lowest BCUT2D eigenvalue weighted by molar-refractivity contribution is -0.386. The van der Waals surface area contributed by atoms with Crippen LogP contribution in [0, 0.1) is 10.1 Å². The molecule has 1 aromatic heterocycles. The van der Waals surface area contributed by atoms with Gasteiger partial charge in [0.25, 0.3) is 5.69 Å². The number of hydrogen-bond donors (Lipinski definition) is 1. The molecule has 0 bridgehead atoms. The Bertz CT molecular complexity index is 698. The van der Waals surface area contributed by atoms with E-state index in [1.54, 1.807) is 0 Å². The third-order valence-corrected chi connectivity index (χ3v) is 2.96. The van der Waals surface area contributed by atoms with Crippen molar-refractivity contribution in [2.24, 2.45) is 0 Å². The quantitative estimate of drug-likeness (QED) is 0.680. The van der Waals surface area contributed by atoms with E-state index in [2.05, 4.69) is 4.98 Å². The Labute approximate surface area is 124 Å². The molecule has 0 saturated carbocycles. The summed E-state index contributed by atoms with van der Waals surface area (Å²) in [7, 11) is 1.31. The molecule has 1 heterocycles. The Morgan fingerprint density at radius 2 is 2.23 bits per heavy atom. The molecule has 0 spiro atoms. The number of ether oxygens (including phenoxy) is 2.